The van der Waals surface area contributed by atoms with Gasteiger partial charge < -0.3 is 0 Å². The predicted octanol–water partition coefficient (Wildman–Crippen LogP) is 3.62. The van der Waals surface area contributed by atoms with Crippen molar-refractivity contribution in [3.05, 3.63) is 52.5 Å². The zero-order valence-electron chi connectivity index (χ0n) is 12.1. The Kier molecular flexibility index (Phi) is 5.14. The van der Waals surface area contributed by atoms with Gasteiger partial charge >= 0.3 is 0 Å². The number of carbonyl (C=O) groups excluding carboxylic acids is 1. The third kappa shape index (κ3) is 4.02. The number of carbonyl (C=O) groups is 1. The van der Waals surface area contributed by atoms with Crippen molar-refractivity contribution in [2.24, 2.45) is 0 Å². The third-order valence-electron chi connectivity index (χ3n) is 3.07. The molecule has 5 nitrogen and oxygen atoms in total. The highest BCUT2D eigenvalue weighted by Gasteiger charge is 2.11. The van der Waals surface area contributed by atoms with Crippen LogP contribution in [0.5, 0.6) is 0 Å². The summed E-state index contributed by atoms with van der Waals surface area (Å²) in [6, 6.07) is 9.81. The van der Waals surface area contributed by atoms with E-state index in [4.69, 9.17) is 0 Å². The van der Waals surface area contributed by atoms with Crippen LogP contribution in [0.1, 0.15) is 22.5 Å². The number of hydrogen-bond acceptors (Lipinski definition) is 6. The maximum atomic E-state index is 13.3. The maximum absolute atomic E-state index is 13.3. The molecule has 3 rings (SSSR count). The number of Topliss-reactive ketones (excluding diaryl/α,β-unsaturated/α-hetero) is 1. The zero-order valence-corrected chi connectivity index (χ0v) is 13.7. The zero-order chi connectivity index (χ0) is 16.1. The van der Waals surface area contributed by atoms with Crippen LogP contribution in [0.3, 0.4) is 0 Å². The van der Waals surface area contributed by atoms with E-state index < -0.39 is 0 Å². The fourth-order valence-corrected chi connectivity index (χ4v) is 3.52. The minimum absolute atomic E-state index is 0.158. The second-order valence-corrected chi connectivity index (χ2v) is 6.72. The lowest BCUT2D eigenvalue weighted by Crippen LogP contribution is -2.01. The molecule has 0 N–H and O–H groups in total. The van der Waals surface area contributed by atoms with Gasteiger partial charge in [0.15, 0.2) is 5.78 Å². The molecule has 0 aliphatic carbocycles. The van der Waals surface area contributed by atoms with Gasteiger partial charge in [0.2, 0.25) is 5.16 Å². The van der Waals surface area contributed by atoms with Crippen LogP contribution >= 0.6 is 23.1 Å². The van der Waals surface area contributed by atoms with E-state index in [-0.39, 0.29) is 11.6 Å². The first-order chi connectivity index (χ1) is 11.2. The minimum Gasteiger partial charge on any atom is -0.293 e. The standard InChI is InChI=1S/C15H13FN4OS2/c16-11-4-1-5-12(10-11)20-15(17-18-19-20)23-9-2-6-13(21)14-7-3-8-22-14/h1,3-5,7-8,10H,2,6,9H2. The van der Waals surface area contributed by atoms with Gasteiger partial charge in [-0.2, -0.15) is 4.68 Å². The van der Waals surface area contributed by atoms with E-state index in [1.807, 2.05) is 17.5 Å². The number of tetrazole rings is 1. The minimum atomic E-state index is -0.338. The predicted molar refractivity (Wildman–Crippen MR) is 87.7 cm³/mol. The van der Waals surface area contributed by atoms with Gasteiger partial charge in [0.25, 0.3) is 0 Å². The van der Waals surface area contributed by atoms with Crippen molar-refractivity contribution in [2.45, 2.75) is 18.0 Å². The van der Waals surface area contributed by atoms with Gasteiger partial charge in [-0.1, -0.05) is 23.9 Å². The van der Waals surface area contributed by atoms with Crippen molar-refractivity contribution in [3.8, 4) is 5.69 Å². The number of rotatable bonds is 7. The Morgan fingerprint density at radius 1 is 1.30 bits per heavy atom. The van der Waals surface area contributed by atoms with Gasteiger partial charge in [0.05, 0.1) is 10.6 Å². The molecule has 0 atom stereocenters. The average Bonchev–Trinajstić information content (AvgIpc) is 3.22. The SMILES string of the molecule is O=C(CCCSc1nnnn1-c1cccc(F)c1)c1cccs1. The molecule has 0 saturated carbocycles. The van der Waals surface area contributed by atoms with Gasteiger partial charge in [-0.05, 0) is 46.5 Å². The number of halogens is 1. The lowest BCUT2D eigenvalue weighted by atomic mass is 10.2. The van der Waals surface area contributed by atoms with Crippen LogP contribution in [-0.2, 0) is 0 Å². The number of benzene rings is 1. The van der Waals surface area contributed by atoms with Crippen LogP contribution in [0.2, 0.25) is 0 Å². The lowest BCUT2D eigenvalue weighted by Gasteiger charge is -2.04. The van der Waals surface area contributed by atoms with E-state index >= 15 is 0 Å². The monoisotopic (exact) mass is 348 g/mol. The molecule has 118 valence electrons. The summed E-state index contributed by atoms with van der Waals surface area (Å²) in [7, 11) is 0. The van der Waals surface area contributed by atoms with Gasteiger partial charge in [-0.15, -0.1) is 16.4 Å². The molecule has 3 aromatic rings. The number of thiophene rings is 1. The summed E-state index contributed by atoms with van der Waals surface area (Å²) in [6.07, 6.45) is 1.23. The summed E-state index contributed by atoms with van der Waals surface area (Å²) in [4.78, 5) is 12.7. The quantitative estimate of drug-likeness (QED) is 0.371. The van der Waals surface area contributed by atoms with Gasteiger partial charge in [-0.3, -0.25) is 4.79 Å². The molecule has 0 aliphatic rings. The highest BCUT2D eigenvalue weighted by molar-refractivity contribution is 7.99. The highest BCUT2D eigenvalue weighted by atomic mass is 32.2. The Hall–Kier alpha value is -2.06. The second kappa shape index (κ2) is 7.47. The Labute approximate surface area is 140 Å². The Morgan fingerprint density at radius 2 is 2.22 bits per heavy atom. The molecule has 0 bridgehead atoms. The molecular weight excluding hydrogens is 335 g/mol. The molecule has 1 aromatic carbocycles. The summed E-state index contributed by atoms with van der Waals surface area (Å²) >= 11 is 2.91. The second-order valence-electron chi connectivity index (χ2n) is 4.71. The average molecular weight is 348 g/mol. The van der Waals surface area contributed by atoms with Crippen LogP contribution < -0.4 is 0 Å². The summed E-state index contributed by atoms with van der Waals surface area (Å²) < 4.78 is 14.8. The summed E-state index contributed by atoms with van der Waals surface area (Å²) in [6.45, 7) is 0. The highest BCUT2D eigenvalue weighted by Crippen LogP contribution is 2.20. The first kappa shape index (κ1) is 15.8. The third-order valence-corrected chi connectivity index (χ3v) is 4.99. The van der Waals surface area contributed by atoms with Crippen molar-refractivity contribution >= 4 is 28.9 Å². The summed E-state index contributed by atoms with van der Waals surface area (Å²) in [5, 5.41) is 14.0. The first-order valence-corrected chi connectivity index (χ1v) is 8.84. The number of hydrogen-bond donors (Lipinski definition) is 0. The molecule has 23 heavy (non-hydrogen) atoms. The van der Waals surface area contributed by atoms with Crippen molar-refractivity contribution in [1.82, 2.24) is 20.2 Å². The summed E-state index contributed by atoms with van der Waals surface area (Å²) in [5.41, 5.74) is 0.576. The first-order valence-electron chi connectivity index (χ1n) is 6.98. The van der Waals surface area contributed by atoms with Gasteiger partial charge in [0, 0.05) is 12.2 Å². The molecule has 0 radical (unpaired) electrons. The van der Waals surface area contributed by atoms with E-state index in [2.05, 4.69) is 15.5 Å². The van der Waals surface area contributed by atoms with E-state index in [0.29, 0.717) is 23.0 Å². The normalized spacial score (nSPS) is 10.8. The number of thioether (sulfide) groups is 1. The maximum Gasteiger partial charge on any atom is 0.214 e. The number of ketones is 1. The van der Waals surface area contributed by atoms with Crippen LogP contribution in [0.25, 0.3) is 5.69 Å². The van der Waals surface area contributed by atoms with Crippen molar-refractivity contribution in [1.29, 1.82) is 0 Å². The number of nitrogens with zero attached hydrogens (tertiary/aromatic N) is 4. The van der Waals surface area contributed by atoms with Crippen LogP contribution in [-0.4, -0.2) is 31.7 Å². The van der Waals surface area contributed by atoms with E-state index in [1.54, 1.807) is 12.1 Å². The molecule has 0 spiro atoms. The molecule has 0 amide bonds. The molecule has 8 heteroatoms. The van der Waals surface area contributed by atoms with Crippen molar-refractivity contribution in [3.63, 3.8) is 0 Å². The van der Waals surface area contributed by atoms with E-state index in [9.17, 15) is 9.18 Å². The fraction of sp³-hybridized carbons (Fsp3) is 0.200. The fourth-order valence-electron chi connectivity index (χ4n) is 2.00. The Balaban J connectivity index is 1.55. The lowest BCUT2D eigenvalue weighted by molar-refractivity contribution is 0.0986. The molecule has 2 aromatic heterocycles. The molecule has 2 heterocycles. The molecule has 0 aliphatic heterocycles. The van der Waals surface area contributed by atoms with Gasteiger partial charge in [0.1, 0.15) is 5.82 Å². The van der Waals surface area contributed by atoms with Crippen molar-refractivity contribution in [2.75, 3.05) is 5.75 Å². The largest absolute Gasteiger partial charge is 0.293 e. The Bertz CT molecular complexity index is 788. The topological polar surface area (TPSA) is 60.7 Å². The Morgan fingerprint density at radius 3 is 3.00 bits per heavy atom. The van der Waals surface area contributed by atoms with Gasteiger partial charge in [-0.25, -0.2) is 4.39 Å². The van der Waals surface area contributed by atoms with E-state index in [1.165, 1.54) is 39.9 Å². The molecule has 0 unspecified atom stereocenters. The smallest absolute Gasteiger partial charge is 0.214 e. The van der Waals surface area contributed by atoms with E-state index in [0.717, 1.165) is 11.3 Å². The summed E-state index contributed by atoms with van der Waals surface area (Å²) in [5.74, 6) is 0.535. The molecule has 0 fully saturated rings. The van der Waals surface area contributed by atoms with Crippen LogP contribution in [0.4, 0.5) is 4.39 Å². The molecular formula is C15H13FN4OS2. The number of aromatic nitrogens is 4. The van der Waals surface area contributed by atoms with Crippen LogP contribution in [0, 0.1) is 5.82 Å². The molecule has 0 saturated heterocycles. The van der Waals surface area contributed by atoms with Crippen LogP contribution in [0.15, 0.2) is 46.9 Å². The van der Waals surface area contributed by atoms with Crippen molar-refractivity contribution < 1.29 is 9.18 Å².